The second-order valence-corrected chi connectivity index (χ2v) is 8.15. The summed E-state index contributed by atoms with van der Waals surface area (Å²) >= 11 is 0. The molecule has 0 unspecified atom stereocenters. The highest BCUT2D eigenvalue weighted by atomic mass is 14.2. The first-order valence-electron chi connectivity index (χ1n) is 9.87. The summed E-state index contributed by atoms with van der Waals surface area (Å²) < 4.78 is 0. The Morgan fingerprint density at radius 3 is 1.71 bits per heavy atom. The summed E-state index contributed by atoms with van der Waals surface area (Å²) in [6.07, 6.45) is 0. The van der Waals surface area contributed by atoms with Gasteiger partial charge in [0.2, 0.25) is 0 Å². The molecule has 0 aliphatic heterocycles. The van der Waals surface area contributed by atoms with Gasteiger partial charge in [-0.25, -0.2) is 0 Å². The predicted octanol–water partition coefficient (Wildman–Crippen LogP) is 8.07. The lowest BCUT2D eigenvalue weighted by Gasteiger charge is -2.21. The molecule has 0 heterocycles. The molecular weight excluding hydrogens is 336 g/mol. The van der Waals surface area contributed by atoms with Gasteiger partial charge in [0.15, 0.2) is 0 Å². The molecule has 0 radical (unpaired) electrons. The van der Waals surface area contributed by atoms with E-state index in [9.17, 15) is 0 Å². The minimum absolute atomic E-state index is 1.32. The van der Waals surface area contributed by atoms with Crippen molar-refractivity contribution < 1.29 is 0 Å². The smallest absolute Gasteiger partial charge is 0.00132 e. The van der Waals surface area contributed by atoms with Gasteiger partial charge in [0.1, 0.15) is 0 Å². The van der Waals surface area contributed by atoms with Gasteiger partial charge in [-0.15, -0.1) is 0 Å². The highest BCUT2D eigenvalue weighted by Gasteiger charge is 2.20. The average molecular weight is 350 g/mol. The number of benzene rings is 8. The zero-order valence-electron chi connectivity index (χ0n) is 15.1. The standard InChI is InChI=1S/C28H14/c1-4-16-5-2-8-20-24(16)19(7-1)22-13-15-12-18-11-10-17-6-3-9-21-25(17)26(18)23(14-15)28(22)27(20)21/h1-14H. The van der Waals surface area contributed by atoms with Crippen LogP contribution < -0.4 is 0 Å². The van der Waals surface area contributed by atoms with Crippen LogP contribution in [0.25, 0.3) is 75.4 Å². The SMILES string of the molecule is c1cc2cccc3c2c(c1)c1cc2cc4ccc5cccc6c5c4c(c2)c1c36. The number of fused-ring (bicyclic) bond motifs is 4. The molecule has 28 heavy (non-hydrogen) atoms. The molecule has 8 rings (SSSR count). The van der Waals surface area contributed by atoms with Crippen LogP contribution in [-0.2, 0) is 0 Å². The van der Waals surface area contributed by atoms with Gasteiger partial charge in [-0.2, -0.15) is 0 Å². The molecule has 0 aliphatic rings. The Balaban J connectivity index is 1.94. The van der Waals surface area contributed by atoms with Crippen molar-refractivity contribution in [1.29, 1.82) is 0 Å². The Labute approximate surface area is 160 Å². The Kier molecular flexibility index (Phi) is 2.06. The molecule has 0 nitrogen and oxygen atoms in total. The maximum Gasteiger partial charge on any atom is -0.00132 e. The van der Waals surface area contributed by atoms with Gasteiger partial charge in [-0.3, -0.25) is 0 Å². The van der Waals surface area contributed by atoms with E-state index < -0.39 is 0 Å². The summed E-state index contributed by atoms with van der Waals surface area (Å²) in [6.45, 7) is 0. The summed E-state index contributed by atoms with van der Waals surface area (Å²) in [6, 6.07) is 32.0. The second kappa shape index (κ2) is 4.26. The van der Waals surface area contributed by atoms with E-state index in [-0.39, 0.29) is 0 Å². The minimum Gasteiger partial charge on any atom is -0.0610 e. The van der Waals surface area contributed by atoms with Crippen LogP contribution in [0.5, 0.6) is 0 Å². The molecule has 0 heteroatoms. The van der Waals surface area contributed by atoms with E-state index in [2.05, 4.69) is 84.9 Å². The average Bonchev–Trinajstić information content (AvgIpc) is 2.74. The molecule has 0 fully saturated rings. The van der Waals surface area contributed by atoms with Gasteiger partial charge in [0, 0.05) is 0 Å². The summed E-state index contributed by atoms with van der Waals surface area (Å²) in [5.74, 6) is 0. The highest BCUT2D eigenvalue weighted by Crippen LogP contribution is 2.49. The molecule has 8 aromatic rings. The largest absolute Gasteiger partial charge is 0.0610 e. The van der Waals surface area contributed by atoms with E-state index in [0.717, 1.165) is 0 Å². The van der Waals surface area contributed by atoms with E-state index in [1.165, 1.54) is 75.4 Å². The van der Waals surface area contributed by atoms with Gasteiger partial charge < -0.3 is 0 Å². The molecule has 126 valence electrons. The van der Waals surface area contributed by atoms with E-state index in [1.807, 2.05) is 0 Å². The molecule has 2 bridgehead atoms. The normalized spacial score (nSPS) is 13.0. The van der Waals surface area contributed by atoms with Gasteiger partial charge in [-0.05, 0) is 93.6 Å². The van der Waals surface area contributed by atoms with Crippen LogP contribution in [-0.4, -0.2) is 0 Å². The Hall–Kier alpha value is -3.64. The lowest BCUT2D eigenvalue weighted by molar-refractivity contribution is 1.80. The first-order chi connectivity index (χ1) is 13.9. The summed E-state index contributed by atoms with van der Waals surface area (Å²) in [5, 5.41) is 19.3. The van der Waals surface area contributed by atoms with Gasteiger partial charge >= 0.3 is 0 Å². The lowest BCUT2D eigenvalue weighted by Crippen LogP contribution is -1.92. The van der Waals surface area contributed by atoms with E-state index >= 15 is 0 Å². The van der Waals surface area contributed by atoms with Crippen molar-refractivity contribution in [2.75, 3.05) is 0 Å². The van der Waals surface area contributed by atoms with E-state index in [0.29, 0.717) is 0 Å². The second-order valence-electron chi connectivity index (χ2n) is 8.15. The molecule has 0 aliphatic carbocycles. The summed E-state index contributed by atoms with van der Waals surface area (Å²) in [7, 11) is 0. The first kappa shape index (κ1) is 13.5. The fraction of sp³-hybridized carbons (Fsp3) is 0. The fourth-order valence-corrected chi connectivity index (χ4v) is 5.81. The zero-order chi connectivity index (χ0) is 18.0. The van der Waals surface area contributed by atoms with Crippen molar-refractivity contribution in [1.82, 2.24) is 0 Å². The van der Waals surface area contributed by atoms with Crippen LogP contribution in [0.2, 0.25) is 0 Å². The lowest BCUT2D eigenvalue weighted by atomic mass is 9.82. The van der Waals surface area contributed by atoms with Crippen LogP contribution in [0.1, 0.15) is 0 Å². The maximum atomic E-state index is 2.39. The van der Waals surface area contributed by atoms with Crippen LogP contribution >= 0.6 is 0 Å². The van der Waals surface area contributed by atoms with E-state index in [1.54, 1.807) is 0 Å². The van der Waals surface area contributed by atoms with Gasteiger partial charge in [0.05, 0.1) is 0 Å². The Bertz CT molecular complexity index is 1840. The molecule has 0 spiro atoms. The van der Waals surface area contributed by atoms with Gasteiger partial charge in [-0.1, -0.05) is 66.7 Å². The van der Waals surface area contributed by atoms with Crippen molar-refractivity contribution in [3.05, 3.63) is 84.9 Å². The van der Waals surface area contributed by atoms with Crippen LogP contribution in [0.15, 0.2) is 84.9 Å². The van der Waals surface area contributed by atoms with Crippen molar-refractivity contribution in [3.8, 4) is 0 Å². The third-order valence-electron chi connectivity index (χ3n) is 6.81. The summed E-state index contributed by atoms with van der Waals surface area (Å²) in [5.41, 5.74) is 0. The Morgan fingerprint density at radius 2 is 0.893 bits per heavy atom. The zero-order valence-corrected chi connectivity index (χ0v) is 15.1. The van der Waals surface area contributed by atoms with Crippen LogP contribution in [0.3, 0.4) is 0 Å². The van der Waals surface area contributed by atoms with Crippen molar-refractivity contribution >= 4 is 75.4 Å². The number of rotatable bonds is 0. The number of hydrogen-bond donors (Lipinski definition) is 0. The first-order valence-corrected chi connectivity index (χ1v) is 9.87. The molecular formula is C28H14. The quantitative estimate of drug-likeness (QED) is 0.191. The Morgan fingerprint density at radius 1 is 0.321 bits per heavy atom. The van der Waals surface area contributed by atoms with Crippen LogP contribution in [0.4, 0.5) is 0 Å². The van der Waals surface area contributed by atoms with Crippen molar-refractivity contribution in [2.24, 2.45) is 0 Å². The molecule has 8 aromatic carbocycles. The molecule has 0 amide bonds. The molecule has 0 aromatic heterocycles. The summed E-state index contributed by atoms with van der Waals surface area (Å²) in [4.78, 5) is 0. The molecule has 0 N–H and O–H groups in total. The topological polar surface area (TPSA) is 0 Å². The third-order valence-corrected chi connectivity index (χ3v) is 6.81. The minimum atomic E-state index is 1.32. The molecule has 0 saturated carbocycles. The molecule has 0 atom stereocenters. The fourth-order valence-electron chi connectivity index (χ4n) is 5.81. The highest BCUT2D eigenvalue weighted by molar-refractivity contribution is 6.45. The number of hydrogen-bond acceptors (Lipinski definition) is 0. The van der Waals surface area contributed by atoms with Gasteiger partial charge in [0.25, 0.3) is 0 Å². The van der Waals surface area contributed by atoms with E-state index in [4.69, 9.17) is 0 Å². The third kappa shape index (κ3) is 1.34. The monoisotopic (exact) mass is 350 g/mol. The van der Waals surface area contributed by atoms with Crippen molar-refractivity contribution in [3.63, 3.8) is 0 Å². The van der Waals surface area contributed by atoms with Crippen molar-refractivity contribution in [2.45, 2.75) is 0 Å². The predicted molar refractivity (Wildman–Crippen MR) is 123 cm³/mol. The molecule has 0 saturated heterocycles. The maximum absolute atomic E-state index is 2.39. The van der Waals surface area contributed by atoms with Crippen LogP contribution in [0, 0.1) is 0 Å².